The summed E-state index contributed by atoms with van der Waals surface area (Å²) < 4.78 is 13.8. The van der Waals surface area contributed by atoms with Crippen LogP contribution in [-0.4, -0.2) is 34.2 Å². The summed E-state index contributed by atoms with van der Waals surface area (Å²) in [5, 5.41) is 9.58. The molecule has 1 N–H and O–H groups in total. The van der Waals surface area contributed by atoms with Crippen molar-refractivity contribution >= 4 is 5.91 Å². The van der Waals surface area contributed by atoms with Crippen LogP contribution in [0.3, 0.4) is 0 Å². The molecule has 0 saturated carbocycles. The Hall–Kier alpha value is -1.42. The average molecular weight is 311 g/mol. The van der Waals surface area contributed by atoms with Gasteiger partial charge >= 0.3 is 0 Å². The number of benzene rings is 1. The van der Waals surface area contributed by atoms with Gasteiger partial charge in [-0.25, -0.2) is 4.39 Å². The number of aryl methyl sites for hydroxylation is 1. The SMILES string of the molecule is CC.CC.Cc1ccc2c(c1)CN(CC(F)C(C)(C)O)C2=O. The number of nitrogens with zero attached hydrogens (tertiary/aromatic N) is 1. The topological polar surface area (TPSA) is 40.5 Å². The van der Waals surface area contributed by atoms with Crippen molar-refractivity contribution in [3.05, 3.63) is 34.9 Å². The highest BCUT2D eigenvalue weighted by atomic mass is 19.1. The Balaban J connectivity index is 0.00000102. The summed E-state index contributed by atoms with van der Waals surface area (Å²) in [5.74, 6) is -0.156. The van der Waals surface area contributed by atoms with Crippen LogP contribution in [0.5, 0.6) is 0 Å². The lowest BCUT2D eigenvalue weighted by Gasteiger charge is -2.26. The van der Waals surface area contributed by atoms with E-state index in [-0.39, 0.29) is 12.5 Å². The number of aliphatic hydroxyl groups is 1. The van der Waals surface area contributed by atoms with Crippen LogP contribution < -0.4 is 0 Å². The summed E-state index contributed by atoms with van der Waals surface area (Å²) in [5.41, 5.74) is 1.24. The molecule has 1 aliphatic heterocycles. The van der Waals surface area contributed by atoms with Crippen LogP contribution in [0.2, 0.25) is 0 Å². The minimum absolute atomic E-state index is 0.0734. The fraction of sp³-hybridized carbons (Fsp3) is 0.611. The summed E-state index contributed by atoms with van der Waals surface area (Å²) in [6, 6.07) is 5.61. The van der Waals surface area contributed by atoms with E-state index in [2.05, 4.69) is 0 Å². The van der Waals surface area contributed by atoms with Crippen molar-refractivity contribution in [3.63, 3.8) is 0 Å². The highest BCUT2D eigenvalue weighted by Crippen LogP contribution is 2.25. The quantitative estimate of drug-likeness (QED) is 0.912. The van der Waals surface area contributed by atoms with E-state index in [0.29, 0.717) is 12.1 Å². The van der Waals surface area contributed by atoms with Crippen LogP contribution in [-0.2, 0) is 6.54 Å². The van der Waals surface area contributed by atoms with Gasteiger partial charge in [0.05, 0.1) is 12.1 Å². The zero-order valence-electron chi connectivity index (χ0n) is 14.9. The number of alkyl halides is 1. The van der Waals surface area contributed by atoms with E-state index >= 15 is 0 Å². The zero-order valence-corrected chi connectivity index (χ0v) is 14.9. The highest BCUT2D eigenvalue weighted by molar-refractivity contribution is 5.98. The molecule has 3 nitrogen and oxygen atoms in total. The van der Waals surface area contributed by atoms with Crippen molar-refractivity contribution in [1.82, 2.24) is 4.90 Å². The molecule has 0 spiro atoms. The lowest BCUT2D eigenvalue weighted by molar-refractivity contribution is -0.0159. The fourth-order valence-electron chi connectivity index (χ4n) is 2.07. The Kier molecular flexibility index (Phi) is 8.31. The number of fused-ring (bicyclic) bond motifs is 1. The van der Waals surface area contributed by atoms with Crippen LogP contribution >= 0.6 is 0 Å². The number of rotatable bonds is 3. The first-order valence-electron chi connectivity index (χ1n) is 8.04. The monoisotopic (exact) mass is 311 g/mol. The third-order valence-electron chi connectivity index (χ3n) is 3.29. The van der Waals surface area contributed by atoms with Gasteiger partial charge in [-0.3, -0.25) is 4.79 Å². The predicted octanol–water partition coefficient (Wildman–Crippen LogP) is 4.11. The maximum atomic E-state index is 13.8. The van der Waals surface area contributed by atoms with E-state index in [0.717, 1.165) is 11.1 Å². The van der Waals surface area contributed by atoms with Gasteiger partial charge in [0.25, 0.3) is 5.91 Å². The Morgan fingerprint density at radius 3 is 2.32 bits per heavy atom. The van der Waals surface area contributed by atoms with Crippen LogP contribution in [0.1, 0.15) is 63.0 Å². The normalized spacial score (nSPS) is 14.4. The molecule has 0 aliphatic carbocycles. The van der Waals surface area contributed by atoms with Gasteiger partial charge in [-0.05, 0) is 32.4 Å². The number of carbonyl (C=O) groups is 1. The number of halogens is 1. The van der Waals surface area contributed by atoms with Gasteiger partial charge in [0, 0.05) is 12.1 Å². The fourth-order valence-corrected chi connectivity index (χ4v) is 2.07. The van der Waals surface area contributed by atoms with Gasteiger partial charge in [-0.15, -0.1) is 0 Å². The van der Waals surface area contributed by atoms with Crippen molar-refractivity contribution in [2.24, 2.45) is 0 Å². The van der Waals surface area contributed by atoms with E-state index in [1.807, 2.05) is 46.8 Å². The van der Waals surface area contributed by atoms with Crippen molar-refractivity contribution in [2.45, 2.75) is 66.8 Å². The Morgan fingerprint density at radius 2 is 1.82 bits per heavy atom. The van der Waals surface area contributed by atoms with Crippen LogP contribution in [0.4, 0.5) is 4.39 Å². The van der Waals surface area contributed by atoms with Gasteiger partial charge in [0.15, 0.2) is 0 Å². The summed E-state index contributed by atoms with van der Waals surface area (Å²) >= 11 is 0. The predicted molar refractivity (Wildman–Crippen MR) is 89.8 cm³/mol. The molecule has 0 fully saturated rings. The lowest BCUT2D eigenvalue weighted by Crippen LogP contribution is -2.42. The van der Waals surface area contributed by atoms with Crippen LogP contribution in [0.25, 0.3) is 0 Å². The standard InChI is InChI=1S/C14H18FNO2.2C2H6/c1-9-4-5-11-10(6-9)7-16(13(11)17)8-12(15)14(2,3)18;2*1-2/h4-6,12,18H,7-8H2,1-3H3;2*1-2H3. The van der Waals surface area contributed by atoms with E-state index < -0.39 is 11.8 Å². The molecular weight excluding hydrogens is 281 g/mol. The highest BCUT2D eigenvalue weighted by Gasteiger charge is 2.34. The molecule has 22 heavy (non-hydrogen) atoms. The summed E-state index contributed by atoms with van der Waals surface area (Å²) in [6.45, 7) is 13.1. The molecule has 1 aromatic rings. The molecule has 4 heteroatoms. The first-order valence-corrected chi connectivity index (χ1v) is 8.04. The van der Waals surface area contributed by atoms with Crippen molar-refractivity contribution < 1.29 is 14.3 Å². The van der Waals surface area contributed by atoms with E-state index in [1.165, 1.54) is 18.7 Å². The molecule has 0 radical (unpaired) electrons. The minimum Gasteiger partial charge on any atom is -0.387 e. The van der Waals surface area contributed by atoms with Crippen molar-refractivity contribution in [2.75, 3.05) is 6.54 Å². The Morgan fingerprint density at radius 1 is 1.27 bits per heavy atom. The van der Waals surface area contributed by atoms with Crippen molar-refractivity contribution in [3.8, 4) is 0 Å². The second kappa shape index (κ2) is 8.89. The van der Waals surface area contributed by atoms with Crippen LogP contribution in [0.15, 0.2) is 18.2 Å². The number of hydrogen-bond donors (Lipinski definition) is 1. The number of amides is 1. The molecular formula is C18H30FNO2. The molecule has 2 rings (SSSR count). The second-order valence-corrected chi connectivity index (χ2v) is 5.47. The molecule has 0 bridgehead atoms. The molecule has 0 saturated heterocycles. The maximum absolute atomic E-state index is 13.8. The molecule has 1 aliphatic rings. The Labute approximate surface area is 134 Å². The van der Waals surface area contributed by atoms with Crippen molar-refractivity contribution in [1.29, 1.82) is 0 Å². The minimum atomic E-state index is -1.45. The average Bonchev–Trinajstić information content (AvgIpc) is 2.78. The largest absolute Gasteiger partial charge is 0.387 e. The van der Waals surface area contributed by atoms with E-state index in [4.69, 9.17) is 0 Å². The smallest absolute Gasteiger partial charge is 0.254 e. The molecule has 126 valence electrons. The van der Waals surface area contributed by atoms with Gasteiger partial charge in [0.2, 0.25) is 0 Å². The Bertz CT molecular complexity index is 480. The molecule has 1 heterocycles. The summed E-state index contributed by atoms with van der Waals surface area (Å²) in [7, 11) is 0. The van der Waals surface area contributed by atoms with E-state index in [1.54, 1.807) is 6.07 Å². The molecule has 1 amide bonds. The van der Waals surface area contributed by atoms with Crippen LogP contribution in [0, 0.1) is 6.92 Å². The molecule has 0 aromatic heterocycles. The summed E-state index contributed by atoms with van der Waals surface area (Å²) in [6.07, 6.45) is -1.45. The second-order valence-electron chi connectivity index (χ2n) is 5.47. The molecule has 1 aromatic carbocycles. The third kappa shape index (κ3) is 5.09. The first kappa shape index (κ1) is 20.6. The van der Waals surface area contributed by atoms with Gasteiger partial charge < -0.3 is 10.0 Å². The van der Waals surface area contributed by atoms with Gasteiger partial charge in [-0.1, -0.05) is 45.4 Å². The van der Waals surface area contributed by atoms with Gasteiger partial charge in [0.1, 0.15) is 6.17 Å². The zero-order chi connectivity index (χ0) is 17.5. The van der Waals surface area contributed by atoms with E-state index in [9.17, 15) is 14.3 Å². The first-order chi connectivity index (χ1) is 10.3. The maximum Gasteiger partial charge on any atom is 0.254 e. The number of hydrogen-bond acceptors (Lipinski definition) is 2. The summed E-state index contributed by atoms with van der Waals surface area (Å²) in [4.78, 5) is 13.5. The molecule has 1 unspecified atom stereocenters. The number of carbonyl (C=O) groups excluding carboxylic acids is 1. The molecule has 1 atom stereocenters. The van der Waals surface area contributed by atoms with Gasteiger partial charge in [-0.2, -0.15) is 0 Å². The lowest BCUT2D eigenvalue weighted by atomic mass is 10.0. The third-order valence-corrected chi connectivity index (χ3v) is 3.29.